The molecule has 0 radical (unpaired) electrons. The van der Waals surface area contributed by atoms with E-state index >= 15 is 0 Å². The molecule has 0 spiro atoms. The third-order valence-electron chi connectivity index (χ3n) is 5.05. The highest BCUT2D eigenvalue weighted by molar-refractivity contribution is 5.81. The van der Waals surface area contributed by atoms with Crippen LogP contribution in [0.4, 0.5) is 5.82 Å². The Morgan fingerprint density at radius 3 is 2.96 bits per heavy atom. The van der Waals surface area contributed by atoms with Crippen molar-refractivity contribution < 1.29 is 0 Å². The molecule has 4 N–H and O–H groups in total. The first kappa shape index (κ1) is 15.2. The zero-order chi connectivity index (χ0) is 16.5. The summed E-state index contributed by atoms with van der Waals surface area (Å²) in [6.07, 6.45) is 3.33. The van der Waals surface area contributed by atoms with Crippen LogP contribution in [-0.4, -0.2) is 40.3 Å². The normalized spacial score (nSPS) is 20.6. The molecular weight excluding hydrogens is 300 g/mol. The van der Waals surface area contributed by atoms with Crippen molar-refractivity contribution in [2.45, 2.75) is 31.7 Å². The standard InChI is InChI=1S/C18H24N6/c19-18(20)24-17-15(8-9-21-17)16(22-24)14-7-4-10-23(12-14)11-13-5-2-1-3-6-13/h1-3,5-6,14,21H,4,7-12H2,(H3,19,20). The fourth-order valence-corrected chi connectivity index (χ4v) is 3.97. The molecule has 1 saturated heterocycles. The summed E-state index contributed by atoms with van der Waals surface area (Å²) in [5, 5.41) is 15.7. The summed E-state index contributed by atoms with van der Waals surface area (Å²) in [4.78, 5) is 2.52. The van der Waals surface area contributed by atoms with Crippen molar-refractivity contribution in [3.8, 4) is 0 Å². The van der Waals surface area contributed by atoms with Crippen molar-refractivity contribution in [3.63, 3.8) is 0 Å². The highest BCUT2D eigenvalue weighted by atomic mass is 15.4. The largest absolute Gasteiger partial charge is 0.369 e. The summed E-state index contributed by atoms with van der Waals surface area (Å²) in [5.41, 5.74) is 9.46. The van der Waals surface area contributed by atoms with Gasteiger partial charge in [0.05, 0.1) is 5.69 Å². The van der Waals surface area contributed by atoms with Crippen molar-refractivity contribution in [2.24, 2.45) is 5.73 Å². The number of nitrogens with zero attached hydrogens (tertiary/aromatic N) is 3. The predicted molar refractivity (Wildman–Crippen MR) is 95.4 cm³/mol. The SMILES string of the molecule is N=C(N)n1nc(C2CCCN(Cc3ccccc3)C2)c2c1NCC2. The topological polar surface area (TPSA) is 83.0 Å². The number of hydrogen-bond donors (Lipinski definition) is 3. The predicted octanol–water partition coefficient (Wildman–Crippen LogP) is 1.97. The minimum atomic E-state index is -0.0103. The van der Waals surface area contributed by atoms with Gasteiger partial charge in [0, 0.05) is 31.1 Å². The van der Waals surface area contributed by atoms with Gasteiger partial charge in [-0.3, -0.25) is 10.3 Å². The molecule has 3 heterocycles. The van der Waals surface area contributed by atoms with Crippen LogP contribution in [0.1, 0.15) is 35.6 Å². The Kier molecular flexibility index (Phi) is 3.98. The average Bonchev–Trinajstić information content (AvgIpc) is 3.18. The summed E-state index contributed by atoms with van der Waals surface area (Å²) < 4.78 is 1.56. The lowest BCUT2D eigenvalue weighted by Gasteiger charge is -2.32. The summed E-state index contributed by atoms with van der Waals surface area (Å²) in [7, 11) is 0. The van der Waals surface area contributed by atoms with Crippen LogP contribution in [0.2, 0.25) is 0 Å². The zero-order valence-electron chi connectivity index (χ0n) is 13.8. The summed E-state index contributed by atoms with van der Waals surface area (Å²) >= 11 is 0. The Bertz CT molecular complexity index is 735. The Morgan fingerprint density at radius 2 is 2.17 bits per heavy atom. The van der Waals surface area contributed by atoms with Gasteiger partial charge >= 0.3 is 0 Å². The van der Waals surface area contributed by atoms with Crippen LogP contribution in [0.5, 0.6) is 0 Å². The van der Waals surface area contributed by atoms with Crippen molar-refractivity contribution in [1.82, 2.24) is 14.7 Å². The molecule has 1 aromatic heterocycles. The van der Waals surface area contributed by atoms with Crippen molar-refractivity contribution in [1.29, 1.82) is 5.41 Å². The first-order chi connectivity index (χ1) is 11.7. The quantitative estimate of drug-likeness (QED) is 0.595. The van der Waals surface area contributed by atoms with Crippen LogP contribution in [0.15, 0.2) is 30.3 Å². The molecule has 1 fully saturated rings. The number of nitrogens with two attached hydrogens (primary N) is 1. The highest BCUT2D eigenvalue weighted by Crippen LogP contribution is 2.34. The first-order valence-corrected chi connectivity index (χ1v) is 8.68. The molecule has 0 bridgehead atoms. The number of hydrogen-bond acceptors (Lipinski definition) is 4. The number of fused-ring (bicyclic) bond motifs is 1. The van der Waals surface area contributed by atoms with Crippen LogP contribution in [-0.2, 0) is 13.0 Å². The Morgan fingerprint density at radius 1 is 1.33 bits per heavy atom. The van der Waals surface area contributed by atoms with Gasteiger partial charge < -0.3 is 11.1 Å². The van der Waals surface area contributed by atoms with Gasteiger partial charge in [0.2, 0.25) is 5.96 Å². The molecule has 126 valence electrons. The zero-order valence-corrected chi connectivity index (χ0v) is 13.8. The second-order valence-electron chi connectivity index (χ2n) is 6.75. The maximum atomic E-state index is 7.75. The Balaban J connectivity index is 1.54. The monoisotopic (exact) mass is 324 g/mol. The molecule has 2 aliphatic heterocycles. The molecule has 2 aromatic rings. The maximum Gasteiger partial charge on any atom is 0.215 e. The molecule has 6 nitrogen and oxygen atoms in total. The molecule has 0 aliphatic carbocycles. The van der Waals surface area contributed by atoms with Crippen molar-refractivity contribution in [3.05, 3.63) is 47.2 Å². The summed E-state index contributed by atoms with van der Waals surface area (Å²) in [5.74, 6) is 1.35. The lowest BCUT2D eigenvalue weighted by Crippen LogP contribution is -2.34. The van der Waals surface area contributed by atoms with E-state index in [1.54, 1.807) is 4.68 Å². The third-order valence-corrected chi connectivity index (χ3v) is 5.05. The van der Waals surface area contributed by atoms with Crippen LogP contribution in [0, 0.1) is 5.41 Å². The fourth-order valence-electron chi connectivity index (χ4n) is 3.97. The fraction of sp³-hybridized carbons (Fsp3) is 0.444. The molecular formula is C18H24N6. The van der Waals surface area contributed by atoms with Gasteiger partial charge in [0.25, 0.3) is 0 Å². The maximum absolute atomic E-state index is 7.75. The number of anilines is 1. The average molecular weight is 324 g/mol. The smallest absolute Gasteiger partial charge is 0.215 e. The van der Waals surface area contributed by atoms with E-state index in [1.165, 1.54) is 17.5 Å². The number of nitrogens with one attached hydrogen (secondary N) is 2. The lowest BCUT2D eigenvalue weighted by molar-refractivity contribution is 0.198. The molecule has 1 aromatic carbocycles. The van der Waals surface area contributed by atoms with Crippen LogP contribution in [0.25, 0.3) is 0 Å². The summed E-state index contributed by atoms with van der Waals surface area (Å²) in [6.45, 7) is 4.06. The number of aromatic nitrogens is 2. The summed E-state index contributed by atoms with van der Waals surface area (Å²) in [6, 6.07) is 10.6. The van der Waals surface area contributed by atoms with Crippen molar-refractivity contribution >= 4 is 11.8 Å². The van der Waals surface area contributed by atoms with Gasteiger partial charge in [-0.2, -0.15) is 9.78 Å². The van der Waals surface area contributed by atoms with Gasteiger partial charge in [0.1, 0.15) is 5.82 Å². The molecule has 1 unspecified atom stereocenters. The number of rotatable bonds is 3. The Hall–Kier alpha value is -2.34. The minimum Gasteiger partial charge on any atom is -0.369 e. The van der Waals surface area contributed by atoms with E-state index in [1.807, 2.05) is 0 Å². The van der Waals surface area contributed by atoms with Gasteiger partial charge in [-0.05, 0) is 31.4 Å². The van der Waals surface area contributed by atoms with Gasteiger partial charge in [-0.15, -0.1) is 0 Å². The molecule has 6 heteroatoms. The number of benzene rings is 1. The second kappa shape index (κ2) is 6.28. The van der Waals surface area contributed by atoms with E-state index in [0.717, 1.165) is 50.5 Å². The first-order valence-electron chi connectivity index (χ1n) is 8.68. The second-order valence-corrected chi connectivity index (χ2v) is 6.75. The van der Waals surface area contributed by atoms with Gasteiger partial charge in [0.15, 0.2) is 0 Å². The number of likely N-dealkylation sites (tertiary alicyclic amines) is 1. The molecule has 1 atom stereocenters. The third kappa shape index (κ3) is 2.78. The van der Waals surface area contributed by atoms with Crippen molar-refractivity contribution in [2.75, 3.05) is 25.0 Å². The molecule has 4 rings (SSSR count). The van der Waals surface area contributed by atoms with Crippen LogP contribution < -0.4 is 11.1 Å². The van der Waals surface area contributed by atoms with E-state index in [9.17, 15) is 0 Å². The van der Waals surface area contributed by atoms with E-state index < -0.39 is 0 Å². The van der Waals surface area contributed by atoms with Crippen LogP contribution >= 0.6 is 0 Å². The van der Waals surface area contributed by atoms with Crippen LogP contribution in [0.3, 0.4) is 0 Å². The van der Waals surface area contributed by atoms with E-state index in [2.05, 4.69) is 45.6 Å². The number of piperidine rings is 1. The highest BCUT2D eigenvalue weighted by Gasteiger charge is 2.30. The number of nitrogen functional groups attached to an aromatic ring is 1. The molecule has 24 heavy (non-hydrogen) atoms. The molecule has 0 saturated carbocycles. The van der Waals surface area contributed by atoms with E-state index in [4.69, 9.17) is 11.1 Å². The Labute approximate surface area is 142 Å². The van der Waals surface area contributed by atoms with Gasteiger partial charge in [-0.25, -0.2) is 0 Å². The van der Waals surface area contributed by atoms with E-state index in [-0.39, 0.29) is 5.96 Å². The minimum absolute atomic E-state index is 0.0103. The van der Waals surface area contributed by atoms with E-state index in [0.29, 0.717) is 5.92 Å². The lowest BCUT2D eigenvalue weighted by atomic mass is 9.91. The molecule has 0 amide bonds. The van der Waals surface area contributed by atoms with Gasteiger partial charge in [-0.1, -0.05) is 30.3 Å². The molecule has 2 aliphatic rings.